The SMILES string of the molecule is CC(N)CSCC1CCC(=O)N1. The summed E-state index contributed by atoms with van der Waals surface area (Å²) in [6.07, 6.45) is 1.69. The lowest BCUT2D eigenvalue weighted by Gasteiger charge is -2.10. The molecule has 1 amide bonds. The van der Waals surface area contributed by atoms with E-state index in [9.17, 15) is 4.79 Å². The van der Waals surface area contributed by atoms with Crippen LogP contribution in [0.15, 0.2) is 0 Å². The highest BCUT2D eigenvalue weighted by Crippen LogP contribution is 2.12. The minimum absolute atomic E-state index is 0.196. The van der Waals surface area contributed by atoms with Crippen molar-refractivity contribution in [1.82, 2.24) is 5.32 Å². The largest absolute Gasteiger partial charge is 0.353 e. The first kappa shape index (κ1) is 9.86. The molecule has 12 heavy (non-hydrogen) atoms. The van der Waals surface area contributed by atoms with Gasteiger partial charge < -0.3 is 11.1 Å². The summed E-state index contributed by atoms with van der Waals surface area (Å²) < 4.78 is 0. The Bertz CT molecular complexity index is 161. The van der Waals surface area contributed by atoms with Crippen LogP contribution >= 0.6 is 11.8 Å². The number of thioether (sulfide) groups is 1. The maximum absolute atomic E-state index is 10.8. The van der Waals surface area contributed by atoms with Gasteiger partial charge in [-0.05, 0) is 13.3 Å². The fourth-order valence-corrected chi connectivity index (χ4v) is 2.24. The fraction of sp³-hybridized carbons (Fsp3) is 0.875. The molecule has 0 aromatic rings. The summed E-state index contributed by atoms with van der Waals surface area (Å²) in [5.74, 6) is 2.18. The fourth-order valence-electron chi connectivity index (χ4n) is 1.20. The van der Waals surface area contributed by atoms with E-state index < -0.39 is 0 Å². The molecule has 70 valence electrons. The molecule has 1 saturated heterocycles. The highest BCUT2D eigenvalue weighted by Gasteiger charge is 2.19. The summed E-state index contributed by atoms with van der Waals surface area (Å²) in [7, 11) is 0. The smallest absolute Gasteiger partial charge is 0.220 e. The van der Waals surface area contributed by atoms with Crippen molar-refractivity contribution in [2.75, 3.05) is 11.5 Å². The molecular formula is C8H16N2OS. The standard InChI is InChI=1S/C8H16N2OS/c1-6(9)4-12-5-7-2-3-8(11)10-7/h6-7H,2-5,9H2,1H3,(H,10,11). The Morgan fingerprint density at radius 3 is 3.08 bits per heavy atom. The molecule has 0 aliphatic carbocycles. The van der Waals surface area contributed by atoms with Crippen molar-refractivity contribution in [1.29, 1.82) is 0 Å². The van der Waals surface area contributed by atoms with Gasteiger partial charge in [0.1, 0.15) is 0 Å². The third-order valence-corrected chi connectivity index (χ3v) is 3.18. The molecule has 0 spiro atoms. The second kappa shape index (κ2) is 4.72. The minimum Gasteiger partial charge on any atom is -0.353 e. The number of carbonyl (C=O) groups excluding carboxylic acids is 1. The van der Waals surface area contributed by atoms with Crippen molar-refractivity contribution in [2.24, 2.45) is 5.73 Å². The Kier molecular flexibility index (Phi) is 3.88. The first-order chi connectivity index (χ1) is 5.68. The quantitative estimate of drug-likeness (QED) is 0.669. The molecule has 2 atom stereocenters. The van der Waals surface area contributed by atoms with Gasteiger partial charge in [0.25, 0.3) is 0 Å². The molecular weight excluding hydrogens is 172 g/mol. The molecule has 1 aliphatic rings. The Balaban J connectivity index is 2.04. The third-order valence-electron chi connectivity index (χ3n) is 1.78. The molecule has 2 unspecified atom stereocenters. The lowest BCUT2D eigenvalue weighted by molar-refractivity contribution is -0.119. The van der Waals surface area contributed by atoms with Gasteiger partial charge in [0.15, 0.2) is 0 Å². The van der Waals surface area contributed by atoms with E-state index in [2.05, 4.69) is 5.32 Å². The Morgan fingerprint density at radius 1 is 1.83 bits per heavy atom. The Labute approximate surface area is 77.5 Å². The van der Waals surface area contributed by atoms with E-state index >= 15 is 0 Å². The second-order valence-electron chi connectivity index (χ2n) is 3.32. The van der Waals surface area contributed by atoms with Crippen molar-refractivity contribution in [2.45, 2.75) is 31.8 Å². The summed E-state index contributed by atoms with van der Waals surface area (Å²) in [5, 5.41) is 2.93. The van der Waals surface area contributed by atoms with E-state index in [4.69, 9.17) is 5.73 Å². The summed E-state index contributed by atoms with van der Waals surface area (Å²) in [4.78, 5) is 10.8. The van der Waals surface area contributed by atoms with Crippen LogP contribution in [-0.4, -0.2) is 29.5 Å². The lowest BCUT2D eigenvalue weighted by Crippen LogP contribution is -2.28. The predicted octanol–water partition coefficient (Wildman–Crippen LogP) is 0.345. The van der Waals surface area contributed by atoms with Crippen molar-refractivity contribution in [3.05, 3.63) is 0 Å². The average molecular weight is 188 g/mol. The molecule has 0 saturated carbocycles. The van der Waals surface area contributed by atoms with Crippen LogP contribution in [0, 0.1) is 0 Å². The van der Waals surface area contributed by atoms with Crippen LogP contribution in [0.2, 0.25) is 0 Å². The van der Waals surface area contributed by atoms with Gasteiger partial charge in [-0.3, -0.25) is 4.79 Å². The van der Waals surface area contributed by atoms with Gasteiger partial charge in [-0.15, -0.1) is 0 Å². The van der Waals surface area contributed by atoms with E-state index in [0.717, 1.165) is 17.9 Å². The third kappa shape index (κ3) is 3.45. The Hall–Kier alpha value is -0.220. The van der Waals surface area contributed by atoms with Crippen LogP contribution in [0.25, 0.3) is 0 Å². The average Bonchev–Trinajstić information content (AvgIpc) is 2.35. The van der Waals surface area contributed by atoms with Crippen molar-refractivity contribution >= 4 is 17.7 Å². The zero-order valence-corrected chi connectivity index (χ0v) is 8.19. The van der Waals surface area contributed by atoms with E-state index in [1.165, 1.54) is 0 Å². The zero-order chi connectivity index (χ0) is 8.97. The number of nitrogens with one attached hydrogen (secondary N) is 1. The van der Waals surface area contributed by atoms with E-state index in [1.54, 1.807) is 0 Å². The highest BCUT2D eigenvalue weighted by atomic mass is 32.2. The molecule has 1 heterocycles. The molecule has 1 fully saturated rings. The van der Waals surface area contributed by atoms with Gasteiger partial charge in [-0.2, -0.15) is 11.8 Å². The van der Waals surface area contributed by atoms with Crippen LogP contribution in [0.1, 0.15) is 19.8 Å². The molecule has 0 radical (unpaired) electrons. The maximum Gasteiger partial charge on any atom is 0.220 e. The number of hydrogen-bond donors (Lipinski definition) is 2. The second-order valence-corrected chi connectivity index (χ2v) is 4.39. The number of rotatable bonds is 4. The molecule has 0 aromatic heterocycles. The molecule has 0 bridgehead atoms. The maximum atomic E-state index is 10.8. The van der Waals surface area contributed by atoms with Crippen LogP contribution in [-0.2, 0) is 4.79 Å². The van der Waals surface area contributed by atoms with Crippen LogP contribution in [0.5, 0.6) is 0 Å². The Morgan fingerprint density at radius 2 is 2.58 bits per heavy atom. The molecule has 3 N–H and O–H groups in total. The number of carbonyl (C=O) groups is 1. The van der Waals surface area contributed by atoms with E-state index in [-0.39, 0.29) is 11.9 Å². The number of amides is 1. The molecule has 4 heteroatoms. The zero-order valence-electron chi connectivity index (χ0n) is 7.38. The van der Waals surface area contributed by atoms with E-state index in [1.807, 2.05) is 18.7 Å². The van der Waals surface area contributed by atoms with E-state index in [0.29, 0.717) is 12.5 Å². The predicted molar refractivity (Wildman–Crippen MR) is 52.1 cm³/mol. The highest BCUT2D eigenvalue weighted by molar-refractivity contribution is 7.99. The van der Waals surface area contributed by atoms with Crippen molar-refractivity contribution in [3.63, 3.8) is 0 Å². The van der Waals surface area contributed by atoms with Crippen molar-refractivity contribution < 1.29 is 4.79 Å². The number of hydrogen-bond acceptors (Lipinski definition) is 3. The van der Waals surface area contributed by atoms with Gasteiger partial charge in [0.2, 0.25) is 5.91 Å². The van der Waals surface area contributed by atoms with Gasteiger partial charge >= 0.3 is 0 Å². The van der Waals surface area contributed by atoms with Crippen molar-refractivity contribution in [3.8, 4) is 0 Å². The lowest BCUT2D eigenvalue weighted by atomic mass is 10.2. The van der Waals surface area contributed by atoms with Gasteiger partial charge in [-0.1, -0.05) is 0 Å². The van der Waals surface area contributed by atoms with Crippen LogP contribution in [0.4, 0.5) is 0 Å². The molecule has 1 rings (SSSR count). The first-order valence-electron chi connectivity index (χ1n) is 4.31. The van der Waals surface area contributed by atoms with Gasteiger partial charge in [0.05, 0.1) is 0 Å². The normalized spacial score (nSPS) is 25.5. The minimum atomic E-state index is 0.196. The van der Waals surface area contributed by atoms with Crippen LogP contribution in [0.3, 0.4) is 0 Å². The monoisotopic (exact) mass is 188 g/mol. The molecule has 1 aliphatic heterocycles. The summed E-state index contributed by atoms with van der Waals surface area (Å²) in [6, 6.07) is 0.647. The van der Waals surface area contributed by atoms with Gasteiger partial charge in [0, 0.05) is 30.0 Å². The topological polar surface area (TPSA) is 55.1 Å². The summed E-state index contributed by atoms with van der Waals surface area (Å²) in [6.45, 7) is 2.00. The summed E-state index contributed by atoms with van der Waals surface area (Å²) >= 11 is 1.82. The van der Waals surface area contributed by atoms with Gasteiger partial charge in [-0.25, -0.2) is 0 Å². The molecule has 0 aromatic carbocycles. The van der Waals surface area contributed by atoms with Crippen LogP contribution < -0.4 is 11.1 Å². The summed E-state index contributed by atoms with van der Waals surface area (Å²) in [5.41, 5.74) is 5.60. The molecule has 3 nitrogen and oxygen atoms in total. The number of nitrogens with two attached hydrogens (primary N) is 1. The first-order valence-corrected chi connectivity index (χ1v) is 5.46.